The highest BCUT2D eigenvalue weighted by Gasteiger charge is 2.21. The van der Waals surface area contributed by atoms with E-state index >= 15 is 0 Å². The number of ether oxygens (including phenoxy) is 2. The number of alkyl halides is 4. The number of halogens is 4. The van der Waals surface area contributed by atoms with E-state index in [4.69, 9.17) is 0 Å². The zero-order valence-electron chi connectivity index (χ0n) is 17.7. The Labute approximate surface area is 183 Å². The lowest BCUT2D eigenvalue weighted by Gasteiger charge is -2.36. The van der Waals surface area contributed by atoms with E-state index in [-0.39, 0.29) is 23.0 Å². The van der Waals surface area contributed by atoms with E-state index in [1.54, 1.807) is 4.90 Å². The molecule has 0 saturated carbocycles. The fourth-order valence-corrected chi connectivity index (χ4v) is 3.54. The van der Waals surface area contributed by atoms with Crippen molar-refractivity contribution in [3.63, 3.8) is 0 Å². The van der Waals surface area contributed by atoms with Gasteiger partial charge in [-0.15, -0.1) is 0 Å². The molecular formula is C23H24F4N2O3. The molecule has 1 heterocycles. The van der Waals surface area contributed by atoms with Crippen molar-refractivity contribution in [2.75, 3.05) is 31.1 Å². The van der Waals surface area contributed by atoms with E-state index in [0.29, 0.717) is 26.2 Å². The number of nitrogens with zero attached hydrogens (tertiary/aromatic N) is 2. The number of aryl methyl sites for hydroxylation is 1. The molecule has 32 heavy (non-hydrogen) atoms. The Morgan fingerprint density at radius 1 is 0.969 bits per heavy atom. The Bertz CT molecular complexity index is 974. The maximum atomic E-state index is 12.7. The van der Waals surface area contributed by atoms with Gasteiger partial charge in [0, 0.05) is 49.6 Å². The zero-order valence-corrected chi connectivity index (χ0v) is 17.7. The first kappa shape index (κ1) is 23.4. The predicted molar refractivity (Wildman–Crippen MR) is 113 cm³/mol. The average molecular weight is 452 g/mol. The van der Waals surface area contributed by atoms with Gasteiger partial charge in [-0.05, 0) is 49.2 Å². The van der Waals surface area contributed by atoms with Crippen LogP contribution in [0.2, 0.25) is 0 Å². The summed E-state index contributed by atoms with van der Waals surface area (Å²) in [5.41, 5.74) is 3.70. The van der Waals surface area contributed by atoms with Gasteiger partial charge in [0.25, 0.3) is 0 Å². The van der Waals surface area contributed by atoms with Gasteiger partial charge in [-0.25, -0.2) is 0 Å². The first-order valence-corrected chi connectivity index (χ1v) is 10.1. The second kappa shape index (κ2) is 10.4. The number of amides is 1. The molecule has 0 N–H and O–H groups in total. The summed E-state index contributed by atoms with van der Waals surface area (Å²) in [7, 11) is 0. The number of anilines is 1. The molecule has 0 aromatic heterocycles. The van der Waals surface area contributed by atoms with Crippen LogP contribution in [-0.4, -0.2) is 50.2 Å². The second-order valence-electron chi connectivity index (χ2n) is 7.32. The van der Waals surface area contributed by atoms with Gasteiger partial charge in [-0.2, -0.15) is 17.6 Å². The van der Waals surface area contributed by atoms with Crippen LogP contribution in [0.4, 0.5) is 23.2 Å². The van der Waals surface area contributed by atoms with Crippen molar-refractivity contribution < 1.29 is 31.8 Å². The largest absolute Gasteiger partial charge is 0.435 e. The van der Waals surface area contributed by atoms with Crippen molar-refractivity contribution in [2.24, 2.45) is 0 Å². The first-order valence-electron chi connectivity index (χ1n) is 10.1. The molecule has 0 spiro atoms. The van der Waals surface area contributed by atoms with Crippen LogP contribution in [0, 0.1) is 13.8 Å². The van der Waals surface area contributed by atoms with Gasteiger partial charge in [0.1, 0.15) is 11.5 Å². The lowest BCUT2D eigenvalue weighted by Crippen LogP contribution is -2.48. The summed E-state index contributed by atoms with van der Waals surface area (Å²) in [6.07, 6.45) is 2.58. The Morgan fingerprint density at radius 2 is 1.66 bits per heavy atom. The molecule has 0 bridgehead atoms. The van der Waals surface area contributed by atoms with Crippen molar-refractivity contribution in [3.05, 3.63) is 59.2 Å². The molecule has 0 atom stereocenters. The second-order valence-corrected chi connectivity index (χ2v) is 7.32. The minimum absolute atomic E-state index is 0.147. The highest BCUT2D eigenvalue weighted by molar-refractivity contribution is 5.92. The number of rotatable bonds is 7. The Balaban J connectivity index is 1.65. The lowest BCUT2D eigenvalue weighted by atomic mass is 10.1. The Kier molecular flexibility index (Phi) is 7.61. The van der Waals surface area contributed by atoms with Gasteiger partial charge in [-0.1, -0.05) is 12.1 Å². The highest BCUT2D eigenvalue weighted by Crippen LogP contribution is 2.29. The number of hydrogen-bond acceptors (Lipinski definition) is 4. The van der Waals surface area contributed by atoms with Crippen LogP contribution in [0.25, 0.3) is 6.08 Å². The molecule has 1 amide bonds. The van der Waals surface area contributed by atoms with Crippen molar-refractivity contribution in [2.45, 2.75) is 27.1 Å². The van der Waals surface area contributed by atoms with Crippen LogP contribution in [0.15, 0.2) is 42.5 Å². The summed E-state index contributed by atoms with van der Waals surface area (Å²) >= 11 is 0. The van der Waals surface area contributed by atoms with E-state index in [0.717, 1.165) is 11.8 Å². The first-order chi connectivity index (χ1) is 15.2. The standard InChI is InChI=1S/C23H24F4N2O3/c1-15-4-3-5-19(16(15)2)28-10-12-29(13-11-28)21(30)9-7-17-6-8-18(31-22(24)25)14-20(17)32-23(26)27/h3-9,14,22-23H,10-13H2,1-2H3. The van der Waals surface area contributed by atoms with E-state index in [2.05, 4.69) is 40.4 Å². The predicted octanol–water partition coefficient (Wildman–Crippen LogP) is 4.87. The zero-order chi connectivity index (χ0) is 23.3. The highest BCUT2D eigenvalue weighted by atomic mass is 19.3. The lowest BCUT2D eigenvalue weighted by molar-refractivity contribution is -0.126. The van der Waals surface area contributed by atoms with Crippen LogP contribution in [0.1, 0.15) is 16.7 Å². The van der Waals surface area contributed by atoms with Gasteiger partial charge in [0.15, 0.2) is 0 Å². The molecule has 0 radical (unpaired) electrons. The fraction of sp³-hybridized carbons (Fsp3) is 0.348. The quantitative estimate of drug-likeness (QED) is 0.444. The number of carbonyl (C=O) groups is 1. The molecule has 172 valence electrons. The van der Waals surface area contributed by atoms with Gasteiger partial charge >= 0.3 is 13.2 Å². The third kappa shape index (κ3) is 5.93. The van der Waals surface area contributed by atoms with Gasteiger partial charge in [0.2, 0.25) is 5.91 Å². The summed E-state index contributed by atoms with van der Waals surface area (Å²) in [6.45, 7) is 0.240. The van der Waals surface area contributed by atoms with Crippen LogP contribution in [-0.2, 0) is 4.79 Å². The van der Waals surface area contributed by atoms with E-state index in [9.17, 15) is 22.4 Å². The van der Waals surface area contributed by atoms with Gasteiger partial charge in [-0.3, -0.25) is 4.79 Å². The number of hydrogen-bond donors (Lipinski definition) is 0. The van der Waals surface area contributed by atoms with Crippen molar-refractivity contribution in [1.82, 2.24) is 4.90 Å². The topological polar surface area (TPSA) is 42.0 Å². The molecule has 3 rings (SSSR count). The third-order valence-corrected chi connectivity index (χ3v) is 5.34. The number of benzene rings is 2. The molecule has 2 aromatic rings. The summed E-state index contributed by atoms with van der Waals surface area (Å²) < 4.78 is 58.7. The minimum atomic E-state index is -3.15. The maximum Gasteiger partial charge on any atom is 0.387 e. The molecule has 1 saturated heterocycles. The smallest absolute Gasteiger partial charge is 0.387 e. The molecule has 9 heteroatoms. The van der Waals surface area contributed by atoms with Crippen molar-refractivity contribution >= 4 is 17.7 Å². The summed E-state index contributed by atoms with van der Waals surface area (Å²) in [5.74, 6) is -0.954. The normalized spacial score (nSPS) is 14.5. The van der Waals surface area contributed by atoms with Crippen LogP contribution < -0.4 is 14.4 Å². The molecule has 5 nitrogen and oxygen atoms in total. The molecule has 2 aromatic carbocycles. The molecule has 0 aliphatic carbocycles. The van der Waals surface area contributed by atoms with Crippen LogP contribution in [0.3, 0.4) is 0 Å². The summed E-state index contributed by atoms with van der Waals surface area (Å²) in [6, 6.07) is 9.53. The maximum absolute atomic E-state index is 12.7. The van der Waals surface area contributed by atoms with Gasteiger partial charge in [0.05, 0.1) is 0 Å². The molecular weight excluding hydrogens is 428 g/mol. The van der Waals surface area contributed by atoms with Gasteiger partial charge < -0.3 is 19.3 Å². The number of carbonyl (C=O) groups excluding carboxylic acids is 1. The Hall–Kier alpha value is -3.23. The summed E-state index contributed by atoms with van der Waals surface area (Å²) in [4.78, 5) is 16.5. The van der Waals surface area contributed by atoms with E-state index in [1.165, 1.54) is 35.4 Å². The molecule has 1 aliphatic heterocycles. The SMILES string of the molecule is Cc1cccc(N2CCN(C(=O)C=Cc3ccc(OC(F)F)cc3OC(F)F)CC2)c1C. The van der Waals surface area contributed by atoms with E-state index < -0.39 is 13.2 Å². The van der Waals surface area contributed by atoms with Crippen LogP contribution in [0.5, 0.6) is 11.5 Å². The number of piperazine rings is 1. The molecule has 1 aliphatic rings. The Morgan fingerprint density at radius 3 is 2.31 bits per heavy atom. The average Bonchev–Trinajstić information content (AvgIpc) is 2.74. The van der Waals surface area contributed by atoms with Crippen molar-refractivity contribution in [3.8, 4) is 11.5 Å². The van der Waals surface area contributed by atoms with Crippen molar-refractivity contribution in [1.29, 1.82) is 0 Å². The monoisotopic (exact) mass is 452 g/mol. The van der Waals surface area contributed by atoms with E-state index in [1.807, 2.05) is 6.07 Å². The molecule has 1 fully saturated rings. The minimum Gasteiger partial charge on any atom is -0.435 e. The fourth-order valence-electron chi connectivity index (χ4n) is 3.54. The molecule has 0 unspecified atom stereocenters. The van der Waals surface area contributed by atoms with Crippen LogP contribution >= 0.6 is 0 Å². The third-order valence-electron chi connectivity index (χ3n) is 5.34. The summed E-state index contributed by atoms with van der Waals surface area (Å²) in [5, 5.41) is 0.